The van der Waals surface area contributed by atoms with Gasteiger partial charge in [0.1, 0.15) is 11.1 Å². The largest absolute Gasteiger partial charge is 0.458 e. The van der Waals surface area contributed by atoms with Crippen molar-refractivity contribution in [3.63, 3.8) is 0 Å². The molecule has 6 rings (SSSR count). The summed E-state index contributed by atoms with van der Waals surface area (Å²) < 4.78 is 98.2. The molecular formula is C38H32ClF9N8O4. The molecule has 0 spiro atoms. The van der Waals surface area contributed by atoms with Gasteiger partial charge < -0.3 is 20.9 Å². The molecule has 1 saturated heterocycles. The molecule has 1 fully saturated rings. The SMILES string of the molecule is Cc1cccc(N2CCC(CC(=O)Nc3ccc4cc3CCc3cncc(c3)Nc3ncc(Cl)c(n3)N4)CC2)c1C#N.O=C(C(=O)C(F)(F)F)C(F)(F)F.O=CC(F)(F)F. The highest BCUT2D eigenvalue weighted by Crippen LogP contribution is 2.32. The summed E-state index contributed by atoms with van der Waals surface area (Å²) in [6.07, 6.45) is -8.38. The number of halogens is 10. The molecule has 60 heavy (non-hydrogen) atoms. The predicted molar refractivity (Wildman–Crippen MR) is 200 cm³/mol. The molecule has 318 valence electrons. The molecule has 12 nitrogen and oxygen atoms in total. The average Bonchev–Trinajstić information content (AvgIpc) is 3.18. The molecule has 6 bridgehead atoms. The minimum Gasteiger partial charge on any atom is -0.370 e. The second-order valence-electron chi connectivity index (χ2n) is 13.2. The lowest BCUT2D eigenvalue weighted by atomic mass is 9.92. The first-order valence-corrected chi connectivity index (χ1v) is 17.9. The number of pyridine rings is 1. The van der Waals surface area contributed by atoms with Crippen molar-refractivity contribution < 1.29 is 58.7 Å². The summed E-state index contributed by atoms with van der Waals surface area (Å²) in [5.74, 6) is -5.61. The summed E-state index contributed by atoms with van der Waals surface area (Å²) in [5, 5.41) is 19.7. The normalized spacial score (nSPS) is 14.0. The molecule has 3 N–H and O–H groups in total. The molecule has 0 saturated carbocycles. The topological polar surface area (TPSA) is 170 Å². The van der Waals surface area contributed by atoms with E-state index in [1.54, 1.807) is 12.4 Å². The van der Waals surface area contributed by atoms with Gasteiger partial charge in [0.2, 0.25) is 18.1 Å². The molecule has 22 heteroatoms. The van der Waals surface area contributed by atoms with E-state index in [1.165, 1.54) is 0 Å². The Morgan fingerprint density at radius 2 is 1.57 bits per heavy atom. The van der Waals surface area contributed by atoms with Crippen LogP contribution in [0, 0.1) is 24.2 Å². The molecule has 2 aromatic carbocycles. The number of Topliss-reactive ketones (excluding diaryl/α,β-unsaturated/α-hetero) is 2. The minimum absolute atomic E-state index is 0.0120. The number of hydrogen-bond acceptors (Lipinski definition) is 11. The number of anilines is 6. The maximum atomic E-state index is 13.2. The van der Waals surface area contributed by atoms with Gasteiger partial charge in [-0.3, -0.25) is 24.2 Å². The number of nitriles is 1. The van der Waals surface area contributed by atoms with Gasteiger partial charge in [0.25, 0.3) is 0 Å². The van der Waals surface area contributed by atoms with E-state index in [9.17, 15) is 59.2 Å². The van der Waals surface area contributed by atoms with Crippen LogP contribution in [-0.2, 0) is 32.0 Å². The Morgan fingerprint density at radius 3 is 2.17 bits per heavy atom. The van der Waals surface area contributed by atoms with Crippen LogP contribution in [0.2, 0.25) is 5.02 Å². The van der Waals surface area contributed by atoms with Gasteiger partial charge in [-0.1, -0.05) is 23.7 Å². The molecule has 0 atom stereocenters. The molecule has 0 unspecified atom stereocenters. The Bertz CT molecular complexity index is 2230. The molecule has 4 aromatic rings. The number of nitrogens with zero attached hydrogens (tertiary/aromatic N) is 5. The van der Waals surface area contributed by atoms with E-state index in [-0.39, 0.29) is 11.8 Å². The monoisotopic (exact) mass is 870 g/mol. The smallest absolute Gasteiger partial charge is 0.370 e. The van der Waals surface area contributed by atoms with Gasteiger partial charge in [0.05, 0.1) is 29.3 Å². The second-order valence-corrected chi connectivity index (χ2v) is 13.6. The third-order valence-electron chi connectivity index (χ3n) is 8.77. The highest BCUT2D eigenvalue weighted by atomic mass is 35.5. The van der Waals surface area contributed by atoms with Gasteiger partial charge in [0.15, 0.2) is 5.82 Å². The van der Waals surface area contributed by atoms with Crippen molar-refractivity contribution in [1.29, 1.82) is 5.26 Å². The van der Waals surface area contributed by atoms with E-state index in [0.717, 1.165) is 77.4 Å². The summed E-state index contributed by atoms with van der Waals surface area (Å²) in [6.45, 7) is 3.63. The van der Waals surface area contributed by atoms with Gasteiger partial charge in [-0.05, 0) is 85.5 Å². The number of benzene rings is 2. The number of ketones is 2. The Balaban J connectivity index is 0.000000370. The number of nitrogens with one attached hydrogen (secondary N) is 3. The first kappa shape index (κ1) is 46.4. The van der Waals surface area contributed by atoms with E-state index in [4.69, 9.17) is 16.4 Å². The predicted octanol–water partition coefficient (Wildman–Crippen LogP) is 8.53. The minimum atomic E-state index is -5.77. The summed E-state index contributed by atoms with van der Waals surface area (Å²) in [4.78, 5) is 56.6. The quantitative estimate of drug-likeness (QED) is 0.0998. The fourth-order valence-electron chi connectivity index (χ4n) is 5.91. The van der Waals surface area contributed by atoms with Crippen molar-refractivity contribution >= 4 is 69.9 Å². The summed E-state index contributed by atoms with van der Waals surface area (Å²) in [6, 6.07) is 16.3. The number of fused-ring (bicyclic) bond motifs is 6. The fourth-order valence-corrected chi connectivity index (χ4v) is 6.05. The van der Waals surface area contributed by atoms with Gasteiger partial charge >= 0.3 is 30.1 Å². The van der Waals surface area contributed by atoms with Crippen molar-refractivity contribution in [2.45, 2.75) is 57.6 Å². The molecular weight excluding hydrogens is 839 g/mol. The summed E-state index contributed by atoms with van der Waals surface area (Å²) >= 11 is 6.39. The first-order chi connectivity index (χ1) is 28.1. The van der Waals surface area contributed by atoms with Crippen molar-refractivity contribution in [1.82, 2.24) is 15.0 Å². The van der Waals surface area contributed by atoms with E-state index >= 15 is 0 Å². The molecule has 2 aliphatic heterocycles. The van der Waals surface area contributed by atoms with Crippen LogP contribution in [0.25, 0.3) is 0 Å². The molecule has 2 aromatic heterocycles. The number of aromatic nitrogens is 3. The maximum Gasteiger partial charge on any atom is 0.458 e. The molecule has 4 heterocycles. The fraction of sp³-hybridized carbons (Fsp3) is 0.316. The van der Waals surface area contributed by atoms with E-state index in [2.05, 4.69) is 41.9 Å². The van der Waals surface area contributed by atoms with Gasteiger partial charge in [0, 0.05) is 37.1 Å². The molecule has 0 aliphatic carbocycles. The zero-order chi connectivity index (χ0) is 44.4. The third kappa shape index (κ3) is 13.4. The van der Waals surface area contributed by atoms with Crippen LogP contribution in [0.1, 0.15) is 41.5 Å². The second kappa shape index (κ2) is 19.6. The first-order valence-electron chi connectivity index (χ1n) is 17.5. The number of aldehydes is 1. The number of rotatable bonds is 5. The Kier molecular flexibility index (Phi) is 15.2. The number of carbonyl (C=O) groups excluding carboxylic acids is 4. The van der Waals surface area contributed by atoms with Crippen LogP contribution >= 0.6 is 11.6 Å². The van der Waals surface area contributed by atoms with Gasteiger partial charge in [-0.2, -0.15) is 49.8 Å². The van der Waals surface area contributed by atoms with E-state index in [0.29, 0.717) is 29.6 Å². The number of carbonyl (C=O) groups is 4. The van der Waals surface area contributed by atoms with Crippen molar-refractivity contribution in [2.24, 2.45) is 5.92 Å². The van der Waals surface area contributed by atoms with Gasteiger partial charge in [-0.15, -0.1) is 0 Å². The lowest BCUT2D eigenvalue weighted by Crippen LogP contribution is -2.39. The lowest BCUT2D eigenvalue weighted by molar-refractivity contribution is -0.193. The number of alkyl halides is 9. The van der Waals surface area contributed by atoms with Crippen molar-refractivity contribution in [3.8, 4) is 6.07 Å². The van der Waals surface area contributed by atoms with E-state index in [1.807, 2.05) is 55.6 Å². The Hall–Kier alpha value is -6.30. The standard InChI is InChI=1S/C32H31ClN8O.C4F6O2.C2HF3O/c1-20-3-2-4-29(26(20)16-34)41-11-9-21(10-12-41)14-30(42)39-28-8-7-24-15-23(28)6-5-22-13-25(18-35-17-22)38-32-36-19-27(33)31(37-24)40-32;5-3(6,7)1(11)2(12)4(8,9)10;3-2(4,5)1-6/h2-4,7-8,13,15,17-19,21H,5-6,9-12,14H2,1H3,(H,39,42)(H2,36,37,38,40);;1H. The summed E-state index contributed by atoms with van der Waals surface area (Å²) in [5.41, 5.74) is 7.20. The van der Waals surface area contributed by atoms with Crippen LogP contribution in [0.3, 0.4) is 0 Å². The van der Waals surface area contributed by atoms with Crippen LogP contribution in [0.5, 0.6) is 0 Å². The summed E-state index contributed by atoms with van der Waals surface area (Å²) in [7, 11) is 0. The van der Waals surface area contributed by atoms with Gasteiger partial charge in [-0.25, -0.2) is 4.98 Å². The van der Waals surface area contributed by atoms with E-state index < -0.39 is 36.4 Å². The van der Waals surface area contributed by atoms with Crippen LogP contribution in [-0.4, -0.2) is 70.3 Å². The molecule has 2 aliphatic rings. The van der Waals surface area contributed by atoms with Crippen LogP contribution in [0.15, 0.2) is 61.1 Å². The molecule has 1 amide bonds. The zero-order valence-corrected chi connectivity index (χ0v) is 31.8. The Labute approximate surface area is 340 Å². The van der Waals surface area contributed by atoms with Crippen molar-refractivity contribution in [3.05, 3.63) is 88.3 Å². The lowest BCUT2D eigenvalue weighted by Gasteiger charge is -2.34. The highest BCUT2D eigenvalue weighted by molar-refractivity contribution is 6.41. The number of hydrogen-bond donors (Lipinski definition) is 3. The maximum absolute atomic E-state index is 13.2. The zero-order valence-electron chi connectivity index (χ0n) is 31.0. The average molecular weight is 871 g/mol. The number of amides is 1. The Morgan fingerprint density at radius 1 is 0.917 bits per heavy atom. The highest BCUT2D eigenvalue weighted by Gasteiger charge is 2.54. The van der Waals surface area contributed by atoms with Crippen LogP contribution < -0.4 is 20.9 Å². The van der Waals surface area contributed by atoms with Crippen LogP contribution in [0.4, 0.5) is 74.0 Å². The molecule has 0 radical (unpaired) electrons. The third-order valence-corrected chi connectivity index (χ3v) is 9.04. The number of piperidine rings is 1. The van der Waals surface area contributed by atoms with Crippen molar-refractivity contribution in [2.75, 3.05) is 33.9 Å². The number of aryl methyl sites for hydroxylation is 3.